The zero-order valence-corrected chi connectivity index (χ0v) is 11.5. The van der Waals surface area contributed by atoms with Crippen molar-refractivity contribution in [2.24, 2.45) is 0 Å². The summed E-state index contributed by atoms with van der Waals surface area (Å²) in [5, 5.41) is 11.2. The van der Waals surface area contributed by atoms with Gasteiger partial charge in [0, 0.05) is 12.1 Å². The van der Waals surface area contributed by atoms with E-state index in [9.17, 15) is 14.9 Å². The van der Waals surface area contributed by atoms with Crippen molar-refractivity contribution in [3.8, 4) is 5.69 Å². The molecule has 0 spiro atoms. The highest BCUT2D eigenvalue weighted by atomic mass is 32.1. The molecule has 3 aromatic rings. The number of para-hydroxylation sites is 1. The van der Waals surface area contributed by atoms with E-state index in [4.69, 9.17) is 12.2 Å². The average Bonchev–Trinajstić information content (AvgIpc) is 2.48. The number of aromatic amines is 1. The van der Waals surface area contributed by atoms with Crippen LogP contribution in [0.2, 0.25) is 0 Å². The van der Waals surface area contributed by atoms with Gasteiger partial charge in [0.2, 0.25) is 0 Å². The molecule has 6 nitrogen and oxygen atoms in total. The largest absolute Gasteiger partial charge is 0.331 e. The van der Waals surface area contributed by atoms with E-state index in [1.54, 1.807) is 18.2 Å². The number of hydrogen-bond donors (Lipinski definition) is 1. The summed E-state index contributed by atoms with van der Waals surface area (Å²) in [5.74, 6) is 0. The molecular weight excluding hydrogens is 290 g/mol. The van der Waals surface area contributed by atoms with Crippen LogP contribution in [0.1, 0.15) is 0 Å². The lowest BCUT2D eigenvalue weighted by molar-refractivity contribution is -0.384. The SMILES string of the molecule is O=c1c2ccccc2[nH]c(=S)n1-c1ccc([N+](=O)[O-])cc1. The van der Waals surface area contributed by atoms with Crippen LogP contribution >= 0.6 is 12.2 Å². The lowest BCUT2D eigenvalue weighted by atomic mass is 10.2. The molecule has 7 heteroatoms. The van der Waals surface area contributed by atoms with Gasteiger partial charge >= 0.3 is 0 Å². The number of nitro benzene ring substituents is 1. The molecule has 0 atom stereocenters. The van der Waals surface area contributed by atoms with E-state index < -0.39 is 4.92 Å². The summed E-state index contributed by atoms with van der Waals surface area (Å²) in [4.78, 5) is 25.7. The summed E-state index contributed by atoms with van der Waals surface area (Å²) in [6.45, 7) is 0. The summed E-state index contributed by atoms with van der Waals surface area (Å²) in [5.41, 5.74) is 0.842. The van der Waals surface area contributed by atoms with E-state index in [2.05, 4.69) is 4.98 Å². The van der Waals surface area contributed by atoms with Gasteiger partial charge in [0.1, 0.15) is 0 Å². The molecule has 1 heterocycles. The van der Waals surface area contributed by atoms with Gasteiger partial charge in [-0.1, -0.05) is 12.1 Å². The predicted molar refractivity (Wildman–Crippen MR) is 81.4 cm³/mol. The lowest BCUT2D eigenvalue weighted by Crippen LogP contribution is -2.20. The number of nitrogens with zero attached hydrogens (tertiary/aromatic N) is 2. The van der Waals surface area contributed by atoms with Gasteiger partial charge in [0.25, 0.3) is 11.2 Å². The van der Waals surface area contributed by atoms with E-state index in [-0.39, 0.29) is 16.0 Å². The number of rotatable bonds is 2. The molecule has 2 aromatic carbocycles. The Morgan fingerprint density at radius 3 is 2.43 bits per heavy atom. The van der Waals surface area contributed by atoms with Gasteiger partial charge in [-0.25, -0.2) is 0 Å². The van der Waals surface area contributed by atoms with Gasteiger partial charge in [0.15, 0.2) is 4.77 Å². The Balaban J connectivity index is 2.27. The molecule has 1 aromatic heterocycles. The molecule has 104 valence electrons. The predicted octanol–water partition coefficient (Wildman–Crippen LogP) is 2.96. The minimum Gasteiger partial charge on any atom is -0.331 e. The maximum absolute atomic E-state index is 12.5. The second-order valence-electron chi connectivity index (χ2n) is 4.39. The Bertz CT molecular complexity index is 958. The van der Waals surface area contributed by atoms with E-state index >= 15 is 0 Å². The number of H-pyrrole nitrogens is 1. The van der Waals surface area contributed by atoms with Crippen LogP contribution in [0.4, 0.5) is 5.69 Å². The topological polar surface area (TPSA) is 80.9 Å². The Morgan fingerprint density at radius 2 is 1.76 bits per heavy atom. The Labute approximate surface area is 123 Å². The Morgan fingerprint density at radius 1 is 1.10 bits per heavy atom. The van der Waals surface area contributed by atoms with Crippen molar-refractivity contribution in [2.75, 3.05) is 0 Å². The number of nitro groups is 1. The molecule has 0 bridgehead atoms. The van der Waals surface area contributed by atoms with Gasteiger partial charge < -0.3 is 4.98 Å². The van der Waals surface area contributed by atoms with Crippen molar-refractivity contribution in [2.45, 2.75) is 0 Å². The zero-order chi connectivity index (χ0) is 15.0. The minimum absolute atomic E-state index is 0.0394. The van der Waals surface area contributed by atoms with Crippen molar-refractivity contribution in [3.63, 3.8) is 0 Å². The van der Waals surface area contributed by atoms with Crippen LogP contribution in [0.5, 0.6) is 0 Å². The maximum Gasteiger partial charge on any atom is 0.269 e. The van der Waals surface area contributed by atoms with Crippen LogP contribution in [0.25, 0.3) is 16.6 Å². The van der Waals surface area contributed by atoms with Crippen LogP contribution < -0.4 is 5.56 Å². The third kappa shape index (κ3) is 2.23. The molecule has 1 N–H and O–H groups in total. The highest BCUT2D eigenvalue weighted by Gasteiger charge is 2.09. The molecule has 21 heavy (non-hydrogen) atoms. The normalized spacial score (nSPS) is 10.7. The Kier molecular flexibility index (Phi) is 3.11. The van der Waals surface area contributed by atoms with Crippen LogP contribution in [0.15, 0.2) is 53.3 Å². The first-order valence-electron chi connectivity index (χ1n) is 6.07. The molecule has 0 saturated heterocycles. The molecular formula is C14H9N3O3S. The molecule has 0 radical (unpaired) electrons. The fourth-order valence-electron chi connectivity index (χ4n) is 2.12. The van der Waals surface area contributed by atoms with Crippen LogP contribution in [0, 0.1) is 14.9 Å². The summed E-state index contributed by atoms with van der Waals surface area (Å²) in [7, 11) is 0. The highest BCUT2D eigenvalue weighted by molar-refractivity contribution is 7.71. The quantitative estimate of drug-likeness (QED) is 0.448. The first kappa shape index (κ1) is 13.2. The summed E-state index contributed by atoms with van der Waals surface area (Å²) in [6.07, 6.45) is 0. The third-order valence-electron chi connectivity index (χ3n) is 3.12. The fourth-order valence-corrected chi connectivity index (χ4v) is 2.42. The van der Waals surface area contributed by atoms with E-state index in [0.717, 1.165) is 0 Å². The van der Waals surface area contributed by atoms with E-state index in [1.165, 1.54) is 28.8 Å². The van der Waals surface area contributed by atoms with Crippen LogP contribution in [0.3, 0.4) is 0 Å². The summed E-state index contributed by atoms with van der Waals surface area (Å²) in [6, 6.07) is 12.7. The number of hydrogen-bond acceptors (Lipinski definition) is 4. The maximum atomic E-state index is 12.5. The molecule has 0 saturated carbocycles. The first-order chi connectivity index (χ1) is 10.1. The van der Waals surface area contributed by atoms with Crippen molar-refractivity contribution in [1.29, 1.82) is 0 Å². The average molecular weight is 299 g/mol. The van der Waals surface area contributed by atoms with Crippen LogP contribution in [-0.2, 0) is 0 Å². The van der Waals surface area contributed by atoms with E-state index in [1.807, 2.05) is 6.07 Å². The lowest BCUT2D eigenvalue weighted by Gasteiger charge is -2.07. The van der Waals surface area contributed by atoms with Crippen molar-refractivity contribution in [1.82, 2.24) is 9.55 Å². The van der Waals surface area contributed by atoms with Gasteiger partial charge in [-0.15, -0.1) is 0 Å². The highest BCUT2D eigenvalue weighted by Crippen LogP contribution is 2.15. The van der Waals surface area contributed by atoms with Crippen molar-refractivity contribution < 1.29 is 4.92 Å². The minimum atomic E-state index is -0.492. The smallest absolute Gasteiger partial charge is 0.269 e. The molecule has 0 unspecified atom stereocenters. The van der Waals surface area contributed by atoms with Crippen molar-refractivity contribution in [3.05, 3.63) is 73.8 Å². The third-order valence-corrected chi connectivity index (χ3v) is 3.41. The standard InChI is InChI=1S/C14H9N3O3S/c18-13-11-3-1-2-4-12(11)15-14(21)16(13)9-5-7-10(8-6-9)17(19)20/h1-8H,(H,15,21). The number of benzene rings is 2. The fraction of sp³-hybridized carbons (Fsp3) is 0. The first-order valence-corrected chi connectivity index (χ1v) is 6.47. The van der Waals surface area contributed by atoms with Gasteiger partial charge in [-0.2, -0.15) is 0 Å². The molecule has 3 rings (SSSR count). The van der Waals surface area contributed by atoms with E-state index in [0.29, 0.717) is 16.6 Å². The molecule has 0 aliphatic heterocycles. The Hall–Kier alpha value is -2.80. The number of fused-ring (bicyclic) bond motifs is 1. The number of aromatic nitrogens is 2. The molecule has 0 aliphatic carbocycles. The molecule has 0 fully saturated rings. The van der Waals surface area contributed by atoms with Crippen molar-refractivity contribution >= 4 is 28.8 Å². The van der Waals surface area contributed by atoms with Gasteiger partial charge in [-0.05, 0) is 36.5 Å². The van der Waals surface area contributed by atoms with Crippen LogP contribution in [-0.4, -0.2) is 14.5 Å². The molecule has 0 amide bonds. The van der Waals surface area contributed by atoms with Gasteiger partial charge in [0.05, 0.1) is 21.5 Å². The number of nitrogens with one attached hydrogen (secondary N) is 1. The molecule has 0 aliphatic rings. The number of non-ortho nitro benzene ring substituents is 1. The zero-order valence-electron chi connectivity index (χ0n) is 10.6. The second kappa shape index (κ2) is 4.95. The summed E-state index contributed by atoms with van der Waals surface area (Å²) >= 11 is 5.21. The monoisotopic (exact) mass is 299 g/mol. The summed E-state index contributed by atoms with van der Waals surface area (Å²) < 4.78 is 1.56. The van der Waals surface area contributed by atoms with Gasteiger partial charge in [-0.3, -0.25) is 19.5 Å². The second-order valence-corrected chi connectivity index (χ2v) is 4.78.